The number of rotatable bonds is 4. The van der Waals surface area contributed by atoms with Crippen molar-refractivity contribution >= 4 is 11.6 Å². The van der Waals surface area contributed by atoms with Crippen molar-refractivity contribution in [3.8, 4) is 0 Å². The minimum absolute atomic E-state index is 0.209. The van der Waals surface area contributed by atoms with Gasteiger partial charge in [0, 0.05) is 24.5 Å². The van der Waals surface area contributed by atoms with Crippen molar-refractivity contribution in [2.75, 3.05) is 26.7 Å². The number of nitrogens with zero attached hydrogens (tertiary/aromatic N) is 4. The van der Waals surface area contributed by atoms with Crippen LogP contribution in [-0.2, 0) is 17.7 Å². The molecule has 1 fully saturated rings. The zero-order chi connectivity index (χ0) is 18.0. The number of benzene rings is 1. The van der Waals surface area contributed by atoms with E-state index in [4.69, 9.17) is 16.3 Å². The average molecular weight is 375 g/mol. The summed E-state index contributed by atoms with van der Waals surface area (Å²) < 4.78 is 45.2. The summed E-state index contributed by atoms with van der Waals surface area (Å²) >= 11 is 5.95. The third kappa shape index (κ3) is 4.93. The molecule has 0 bridgehead atoms. The van der Waals surface area contributed by atoms with E-state index in [2.05, 4.69) is 10.1 Å². The van der Waals surface area contributed by atoms with Gasteiger partial charge in [-0.1, -0.05) is 23.7 Å². The van der Waals surface area contributed by atoms with Crippen molar-refractivity contribution in [1.29, 1.82) is 0 Å². The van der Waals surface area contributed by atoms with Gasteiger partial charge >= 0.3 is 6.18 Å². The fourth-order valence-electron chi connectivity index (χ4n) is 2.77. The number of likely N-dealkylation sites (N-methyl/N-ethyl adjacent to an activating group) is 1. The summed E-state index contributed by atoms with van der Waals surface area (Å²) in [6, 6.07) is 7.10. The molecule has 1 unspecified atom stereocenters. The lowest BCUT2D eigenvalue weighted by Gasteiger charge is -2.29. The highest BCUT2D eigenvalue weighted by molar-refractivity contribution is 6.30. The molecule has 2 aromatic rings. The summed E-state index contributed by atoms with van der Waals surface area (Å²) in [5, 5.41) is 4.62. The quantitative estimate of drug-likeness (QED) is 0.825. The second kappa shape index (κ2) is 7.31. The van der Waals surface area contributed by atoms with Crippen molar-refractivity contribution in [1.82, 2.24) is 19.7 Å². The van der Waals surface area contributed by atoms with E-state index in [9.17, 15) is 13.2 Å². The number of ether oxygens (including phenoxy) is 1. The number of hydrogen-bond acceptors (Lipinski definition) is 4. The maximum Gasteiger partial charge on any atom is 0.408 e. The second-order valence-electron chi connectivity index (χ2n) is 6.09. The molecule has 1 atom stereocenters. The molecule has 0 radical (unpaired) electrons. The fraction of sp³-hybridized carbons (Fsp3) is 0.500. The lowest BCUT2D eigenvalue weighted by molar-refractivity contribution is -0.144. The van der Waals surface area contributed by atoms with Crippen LogP contribution in [-0.4, -0.2) is 52.6 Å². The summed E-state index contributed by atoms with van der Waals surface area (Å²) in [7, 11) is 1.90. The highest BCUT2D eigenvalue weighted by atomic mass is 35.5. The first-order valence-corrected chi connectivity index (χ1v) is 8.23. The van der Waals surface area contributed by atoms with E-state index in [1.807, 2.05) is 18.0 Å². The highest BCUT2D eigenvalue weighted by Crippen LogP contribution is 2.25. The smallest absolute Gasteiger partial charge is 0.368 e. The van der Waals surface area contributed by atoms with Crippen LogP contribution in [0.3, 0.4) is 0 Å². The van der Waals surface area contributed by atoms with Gasteiger partial charge < -0.3 is 9.64 Å². The zero-order valence-corrected chi connectivity index (χ0v) is 14.4. The van der Waals surface area contributed by atoms with Crippen LogP contribution >= 0.6 is 11.6 Å². The van der Waals surface area contributed by atoms with E-state index in [-0.39, 0.29) is 5.82 Å². The number of morpholine rings is 1. The fourth-order valence-corrected chi connectivity index (χ4v) is 2.98. The van der Waals surface area contributed by atoms with E-state index >= 15 is 0 Å². The largest absolute Gasteiger partial charge is 0.408 e. The molecule has 1 aliphatic heterocycles. The standard InChI is InChI=1S/C16H18ClF3N4O/c1-23-5-6-25-13(9-23)15-21-14(22-24(15)10-16(18,19)20)8-11-3-2-4-12(17)7-11/h2-4,7,13H,5-6,8-10H2,1H3. The number of halogens is 4. The molecule has 0 saturated carbocycles. The lowest BCUT2D eigenvalue weighted by atomic mass is 10.1. The van der Waals surface area contributed by atoms with Gasteiger partial charge in [-0.3, -0.25) is 0 Å². The minimum Gasteiger partial charge on any atom is -0.368 e. The van der Waals surface area contributed by atoms with E-state index in [0.29, 0.717) is 30.4 Å². The van der Waals surface area contributed by atoms with Gasteiger partial charge in [0.1, 0.15) is 12.6 Å². The Hall–Kier alpha value is -1.64. The maximum absolute atomic E-state index is 12.9. The molecule has 0 N–H and O–H groups in total. The van der Waals surface area contributed by atoms with E-state index in [1.54, 1.807) is 18.2 Å². The predicted molar refractivity (Wildman–Crippen MR) is 86.5 cm³/mol. The molecule has 0 amide bonds. The van der Waals surface area contributed by atoms with Gasteiger partial charge in [0.05, 0.1) is 6.61 Å². The first kappa shape index (κ1) is 18.2. The monoisotopic (exact) mass is 374 g/mol. The molecule has 1 aromatic carbocycles. The van der Waals surface area contributed by atoms with Gasteiger partial charge in [-0.05, 0) is 24.7 Å². The molecule has 1 aromatic heterocycles. The van der Waals surface area contributed by atoms with Crippen LogP contribution < -0.4 is 0 Å². The van der Waals surface area contributed by atoms with E-state index < -0.39 is 18.8 Å². The van der Waals surface area contributed by atoms with E-state index in [0.717, 1.165) is 16.8 Å². The van der Waals surface area contributed by atoms with Gasteiger partial charge in [-0.15, -0.1) is 0 Å². The molecule has 1 aliphatic rings. The molecular formula is C16H18ClF3N4O. The van der Waals surface area contributed by atoms with Crippen LogP contribution in [0.5, 0.6) is 0 Å². The number of alkyl halides is 3. The normalized spacial score (nSPS) is 19.3. The lowest BCUT2D eigenvalue weighted by Crippen LogP contribution is -2.37. The van der Waals surface area contributed by atoms with Crippen LogP contribution in [0.25, 0.3) is 0 Å². The third-order valence-electron chi connectivity index (χ3n) is 3.88. The predicted octanol–water partition coefficient (Wildman–Crippen LogP) is 3.09. The second-order valence-corrected chi connectivity index (χ2v) is 6.52. The van der Waals surface area contributed by atoms with Crippen LogP contribution in [0.2, 0.25) is 5.02 Å². The Morgan fingerprint density at radius 2 is 2.16 bits per heavy atom. The molecule has 1 saturated heterocycles. The topological polar surface area (TPSA) is 43.2 Å². The zero-order valence-electron chi connectivity index (χ0n) is 13.6. The van der Waals surface area contributed by atoms with Crippen LogP contribution in [0, 0.1) is 0 Å². The molecule has 25 heavy (non-hydrogen) atoms. The SMILES string of the molecule is CN1CCOC(c2nc(Cc3cccc(Cl)c3)nn2CC(F)(F)F)C1. The molecule has 3 rings (SSSR count). The van der Waals surface area contributed by atoms with Crippen molar-refractivity contribution < 1.29 is 17.9 Å². The molecule has 0 aliphatic carbocycles. The Morgan fingerprint density at radius 3 is 2.84 bits per heavy atom. The Kier molecular flexibility index (Phi) is 5.31. The maximum atomic E-state index is 12.9. The highest BCUT2D eigenvalue weighted by Gasteiger charge is 2.33. The first-order valence-electron chi connectivity index (χ1n) is 7.85. The Labute approximate surface area is 148 Å². The Bertz CT molecular complexity index is 734. The van der Waals surface area contributed by atoms with Gasteiger partial charge in [-0.2, -0.15) is 18.3 Å². The van der Waals surface area contributed by atoms with Crippen molar-refractivity contribution in [3.05, 3.63) is 46.5 Å². The summed E-state index contributed by atoms with van der Waals surface area (Å²) in [6.07, 6.45) is -4.60. The summed E-state index contributed by atoms with van der Waals surface area (Å²) in [4.78, 5) is 6.33. The summed E-state index contributed by atoms with van der Waals surface area (Å²) in [5.74, 6) is 0.527. The van der Waals surface area contributed by atoms with Gasteiger partial charge in [-0.25, -0.2) is 9.67 Å². The van der Waals surface area contributed by atoms with Gasteiger partial charge in [0.2, 0.25) is 0 Å². The molecule has 0 spiro atoms. The van der Waals surface area contributed by atoms with Gasteiger partial charge in [0.15, 0.2) is 11.6 Å². The molecule has 5 nitrogen and oxygen atoms in total. The third-order valence-corrected chi connectivity index (χ3v) is 4.12. The molecule has 9 heteroatoms. The molecule has 136 valence electrons. The minimum atomic E-state index is -4.38. The van der Waals surface area contributed by atoms with Crippen molar-refractivity contribution in [2.24, 2.45) is 0 Å². The van der Waals surface area contributed by atoms with Gasteiger partial charge in [0.25, 0.3) is 0 Å². The average Bonchev–Trinajstić information content (AvgIpc) is 2.87. The molecular weight excluding hydrogens is 357 g/mol. The Balaban J connectivity index is 1.88. The van der Waals surface area contributed by atoms with Crippen LogP contribution in [0.15, 0.2) is 24.3 Å². The van der Waals surface area contributed by atoms with Crippen molar-refractivity contribution in [2.45, 2.75) is 25.2 Å². The number of hydrogen-bond donors (Lipinski definition) is 0. The first-order chi connectivity index (χ1) is 11.8. The molecule has 2 heterocycles. The van der Waals surface area contributed by atoms with Crippen LogP contribution in [0.1, 0.15) is 23.3 Å². The van der Waals surface area contributed by atoms with E-state index in [1.165, 1.54) is 0 Å². The van der Waals surface area contributed by atoms with Crippen LogP contribution in [0.4, 0.5) is 13.2 Å². The summed E-state index contributed by atoms with van der Waals surface area (Å²) in [6.45, 7) is 0.477. The summed E-state index contributed by atoms with van der Waals surface area (Å²) in [5.41, 5.74) is 0.838. The van der Waals surface area contributed by atoms with Crippen molar-refractivity contribution in [3.63, 3.8) is 0 Å². The number of aromatic nitrogens is 3. The Morgan fingerprint density at radius 1 is 1.36 bits per heavy atom.